The molecule has 3 rings (SSSR count). The van der Waals surface area contributed by atoms with E-state index in [2.05, 4.69) is 70.0 Å². The summed E-state index contributed by atoms with van der Waals surface area (Å²) in [5.74, 6) is 0. The van der Waals surface area contributed by atoms with Crippen LogP contribution < -0.4 is 4.90 Å². The number of fused-ring (bicyclic) bond motifs is 1. The molecule has 94 valence electrons. The molecule has 0 saturated heterocycles. The van der Waals surface area contributed by atoms with Gasteiger partial charge in [-0.2, -0.15) is 5.26 Å². The maximum atomic E-state index is 9.53. The van der Waals surface area contributed by atoms with E-state index in [0.717, 1.165) is 24.2 Å². The molecule has 0 radical (unpaired) electrons. The molecular formula is C16H13IN2. The van der Waals surface area contributed by atoms with Crippen molar-refractivity contribution in [2.75, 3.05) is 11.4 Å². The van der Waals surface area contributed by atoms with E-state index >= 15 is 0 Å². The van der Waals surface area contributed by atoms with E-state index in [1.807, 2.05) is 12.1 Å². The summed E-state index contributed by atoms with van der Waals surface area (Å²) in [5, 5.41) is 9.53. The largest absolute Gasteiger partial charge is 0.352 e. The predicted molar refractivity (Wildman–Crippen MR) is 85.0 cm³/mol. The minimum Gasteiger partial charge on any atom is -0.352 e. The zero-order chi connectivity index (χ0) is 13.2. The van der Waals surface area contributed by atoms with Crippen LogP contribution in [0.2, 0.25) is 0 Å². The molecule has 2 aromatic rings. The van der Waals surface area contributed by atoms with E-state index in [9.17, 15) is 5.26 Å². The lowest BCUT2D eigenvalue weighted by Crippen LogP contribution is -2.34. The second-order valence-corrected chi connectivity index (χ2v) is 5.90. The quantitative estimate of drug-likeness (QED) is 0.721. The number of anilines is 1. The molecule has 0 spiro atoms. The normalized spacial score (nSPS) is 17.7. The minimum atomic E-state index is -0.176. The maximum absolute atomic E-state index is 9.53. The summed E-state index contributed by atoms with van der Waals surface area (Å²) < 4.78 is 1.22. The summed E-state index contributed by atoms with van der Waals surface area (Å²) in [5.41, 5.74) is 3.58. The first-order chi connectivity index (χ1) is 9.29. The van der Waals surface area contributed by atoms with Crippen molar-refractivity contribution in [1.29, 1.82) is 5.26 Å². The molecule has 1 aliphatic heterocycles. The third-order valence-electron chi connectivity index (χ3n) is 3.56. The van der Waals surface area contributed by atoms with Crippen LogP contribution in [0.4, 0.5) is 5.69 Å². The molecule has 0 saturated carbocycles. The van der Waals surface area contributed by atoms with Gasteiger partial charge in [-0.05, 0) is 64.4 Å². The molecular weight excluding hydrogens is 347 g/mol. The Morgan fingerprint density at radius 3 is 2.58 bits per heavy atom. The van der Waals surface area contributed by atoms with Gasteiger partial charge in [-0.15, -0.1) is 0 Å². The molecule has 0 fully saturated rings. The van der Waals surface area contributed by atoms with Gasteiger partial charge in [0.1, 0.15) is 6.04 Å². The van der Waals surface area contributed by atoms with Crippen molar-refractivity contribution in [3.63, 3.8) is 0 Å². The number of benzene rings is 2. The average molecular weight is 360 g/mol. The Labute approximate surface area is 126 Å². The second kappa shape index (κ2) is 5.22. The summed E-state index contributed by atoms with van der Waals surface area (Å²) >= 11 is 2.30. The number of hydrogen-bond donors (Lipinski definition) is 0. The number of hydrogen-bond acceptors (Lipinski definition) is 2. The zero-order valence-corrected chi connectivity index (χ0v) is 12.5. The number of nitrogens with zero attached hydrogens (tertiary/aromatic N) is 2. The van der Waals surface area contributed by atoms with Gasteiger partial charge in [0.25, 0.3) is 0 Å². The van der Waals surface area contributed by atoms with Crippen molar-refractivity contribution < 1.29 is 0 Å². The molecule has 1 heterocycles. The average Bonchev–Trinajstić information content (AvgIpc) is 2.47. The fourth-order valence-corrected chi connectivity index (χ4v) is 2.98. The van der Waals surface area contributed by atoms with Gasteiger partial charge < -0.3 is 4.90 Å². The van der Waals surface area contributed by atoms with Crippen LogP contribution in [0.15, 0.2) is 48.5 Å². The molecule has 2 nitrogen and oxygen atoms in total. The van der Waals surface area contributed by atoms with E-state index in [0.29, 0.717) is 0 Å². The number of nitriles is 1. The first-order valence-electron chi connectivity index (χ1n) is 6.29. The molecule has 0 N–H and O–H groups in total. The molecule has 0 aliphatic carbocycles. The summed E-state index contributed by atoms with van der Waals surface area (Å²) in [6.07, 6.45) is 1.00. The number of rotatable bonds is 1. The van der Waals surface area contributed by atoms with Crippen molar-refractivity contribution in [3.05, 3.63) is 63.2 Å². The van der Waals surface area contributed by atoms with E-state index in [4.69, 9.17) is 0 Å². The smallest absolute Gasteiger partial charge is 0.142 e. The Hall–Kier alpha value is -1.54. The van der Waals surface area contributed by atoms with Crippen LogP contribution in [0.5, 0.6) is 0 Å². The van der Waals surface area contributed by atoms with Gasteiger partial charge >= 0.3 is 0 Å². The molecule has 3 heteroatoms. The van der Waals surface area contributed by atoms with E-state index in [1.165, 1.54) is 9.13 Å². The molecule has 1 aliphatic rings. The predicted octanol–water partition coefficient (Wildman–Crippen LogP) is 3.92. The highest BCUT2D eigenvalue weighted by Crippen LogP contribution is 2.33. The van der Waals surface area contributed by atoms with Crippen LogP contribution in [-0.4, -0.2) is 6.54 Å². The van der Waals surface area contributed by atoms with E-state index in [-0.39, 0.29) is 6.04 Å². The third-order valence-corrected chi connectivity index (χ3v) is 4.28. The molecule has 19 heavy (non-hydrogen) atoms. The zero-order valence-electron chi connectivity index (χ0n) is 10.4. The standard InChI is InChI=1S/C16H13IN2/c17-13-5-7-14(8-6-13)19-10-9-12-3-1-2-4-15(12)16(19)11-18/h1-8,16H,9-10H2/t16-/m0/s1. The minimum absolute atomic E-state index is 0.176. The van der Waals surface area contributed by atoms with E-state index in [1.54, 1.807) is 0 Å². The Morgan fingerprint density at radius 2 is 1.84 bits per heavy atom. The molecule has 0 amide bonds. The molecule has 0 aromatic heterocycles. The maximum Gasteiger partial charge on any atom is 0.142 e. The molecule has 0 bridgehead atoms. The Kier molecular flexibility index (Phi) is 3.43. The van der Waals surface area contributed by atoms with Gasteiger partial charge in [0.05, 0.1) is 6.07 Å². The van der Waals surface area contributed by atoms with Crippen molar-refractivity contribution in [2.24, 2.45) is 0 Å². The van der Waals surface area contributed by atoms with Crippen molar-refractivity contribution >= 4 is 28.3 Å². The molecule has 2 aromatic carbocycles. The lowest BCUT2D eigenvalue weighted by molar-refractivity contribution is 0.676. The highest BCUT2D eigenvalue weighted by Gasteiger charge is 2.26. The van der Waals surface area contributed by atoms with Crippen LogP contribution >= 0.6 is 22.6 Å². The summed E-state index contributed by atoms with van der Waals surface area (Å²) in [4.78, 5) is 2.19. The number of halogens is 1. The van der Waals surface area contributed by atoms with Crippen LogP contribution in [0.25, 0.3) is 0 Å². The van der Waals surface area contributed by atoms with Crippen LogP contribution in [0.3, 0.4) is 0 Å². The fourth-order valence-electron chi connectivity index (χ4n) is 2.62. The monoisotopic (exact) mass is 360 g/mol. The lowest BCUT2D eigenvalue weighted by atomic mass is 9.93. The lowest BCUT2D eigenvalue weighted by Gasteiger charge is -2.35. The first kappa shape index (κ1) is 12.5. The van der Waals surface area contributed by atoms with E-state index < -0.39 is 0 Å². The summed E-state index contributed by atoms with van der Waals surface area (Å²) in [6, 6.07) is 18.9. The summed E-state index contributed by atoms with van der Waals surface area (Å²) in [7, 11) is 0. The Balaban J connectivity index is 2.01. The van der Waals surface area contributed by atoms with Crippen molar-refractivity contribution in [2.45, 2.75) is 12.5 Å². The highest BCUT2D eigenvalue weighted by molar-refractivity contribution is 14.1. The SMILES string of the molecule is N#C[C@H]1c2ccccc2CCN1c1ccc(I)cc1. The second-order valence-electron chi connectivity index (χ2n) is 4.65. The van der Waals surface area contributed by atoms with Gasteiger partial charge in [-0.25, -0.2) is 0 Å². The highest BCUT2D eigenvalue weighted by atomic mass is 127. The third kappa shape index (κ3) is 2.33. The molecule has 1 atom stereocenters. The summed E-state index contributed by atoms with van der Waals surface area (Å²) in [6.45, 7) is 0.899. The van der Waals surface area contributed by atoms with Gasteiger partial charge in [0, 0.05) is 15.8 Å². The first-order valence-corrected chi connectivity index (χ1v) is 7.37. The van der Waals surface area contributed by atoms with Gasteiger partial charge in [0.15, 0.2) is 0 Å². The Morgan fingerprint density at radius 1 is 1.11 bits per heavy atom. The van der Waals surface area contributed by atoms with Crippen LogP contribution in [0.1, 0.15) is 17.2 Å². The van der Waals surface area contributed by atoms with Gasteiger partial charge in [-0.1, -0.05) is 24.3 Å². The van der Waals surface area contributed by atoms with Crippen molar-refractivity contribution in [3.8, 4) is 6.07 Å². The molecule has 0 unspecified atom stereocenters. The van der Waals surface area contributed by atoms with Gasteiger partial charge in [-0.3, -0.25) is 0 Å². The van der Waals surface area contributed by atoms with Crippen LogP contribution in [-0.2, 0) is 6.42 Å². The van der Waals surface area contributed by atoms with Crippen molar-refractivity contribution in [1.82, 2.24) is 0 Å². The fraction of sp³-hybridized carbons (Fsp3) is 0.188. The van der Waals surface area contributed by atoms with Gasteiger partial charge in [0.2, 0.25) is 0 Å². The topological polar surface area (TPSA) is 27.0 Å². The Bertz CT molecular complexity index is 628. The van der Waals surface area contributed by atoms with Crippen LogP contribution in [0, 0.1) is 14.9 Å².